The first-order chi connectivity index (χ1) is 12.1. The number of carbonyl (C=O) groups excluding carboxylic acids is 1. The standard InChI is InChI=1S/C21H34N2O2/c1-18-16-22(17-19(2)23(18)14-9-15-25-3)21(24)13-8-7-12-20-10-5-4-6-11-20/h4-6,10-11,18-19H,7-9,12-17H2,1-3H3. The summed E-state index contributed by atoms with van der Waals surface area (Å²) in [6.07, 6.45) is 4.85. The third-order valence-corrected chi connectivity index (χ3v) is 5.17. The maximum Gasteiger partial charge on any atom is 0.222 e. The van der Waals surface area contributed by atoms with E-state index in [-0.39, 0.29) is 0 Å². The van der Waals surface area contributed by atoms with E-state index >= 15 is 0 Å². The highest BCUT2D eigenvalue weighted by molar-refractivity contribution is 5.76. The van der Waals surface area contributed by atoms with Crippen molar-refractivity contribution in [2.75, 3.05) is 33.4 Å². The Balaban J connectivity index is 1.70. The summed E-state index contributed by atoms with van der Waals surface area (Å²) in [6, 6.07) is 11.4. The largest absolute Gasteiger partial charge is 0.385 e. The molecule has 1 aliphatic heterocycles. The van der Waals surface area contributed by atoms with Crippen molar-refractivity contribution in [3.8, 4) is 0 Å². The van der Waals surface area contributed by atoms with Crippen LogP contribution in [-0.2, 0) is 16.0 Å². The van der Waals surface area contributed by atoms with Crippen molar-refractivity contribution in [2.24, 2.45) is 0 Å². The van der Waals surface area contributed by atoms with Gasteiger partial charge in [0.05, 0.1) is 0 Å². The summed E-state index contributed by atoms with van der Waals surface area (Å²) in [5.41, 5.74) is 1.36. The molecule has 1 aromatic carbocycles. The van der Waals surface area contributed by atoms with Gasteiger partial charge in [-0.3, -0.25) is 9.69 Å². The van der Waals surface area contributed by atoms with Gasteiger partial charge < -0.3 is 9.64 Å². The van der Waals surface area contributed by atoms with Crippen molar-refractivity contribution in [2.45, 2.75) is 58.0 Å². The van der Waals surface area contributed by atoms with Gasteiger partial charge in [-0.1, -0.05) is 30.3 Å². The van der Waals surface area contributed by atoms with Gasteiger partial charge in [-0.05, 0) is 45.1 Å². The van der Waals surface area contributed by atoms with E-state index in [9.17, 15) is 4.79 Å². The molecule has 2 atom stereocenters. The zero-order chi connectivity index (χ0) is 18.1. The van der Waals surface area contributed by atoms with Crippen molar-refractivity contribution in [1.29, 1.82) is 0 Å². The Morgan fingerprint density at radius 1 is 1.08 bits per heavy atom. The lowest BCUT2D eigenvalue weighted by atomic mass is 10.0. The molecule has 0 N–H and O–H groups in total. The van der Waals surface area contributed by atoms with Crippen LogP contribution in [0.25, 0.3) is 0 Å². The Labute approximate surface area is 153 Å². The molecule has 0 radical (unpaired) electrons. The number of unbranched alkanes of at least 4 members (excludes halogenated alkanes) is 1. The molecule has 4 nitrogen and oxygen atoms in total. The molecule has 1 fully saturated rings. The van der Waals surface area contributed by atoms with Gasteiger partial charge in [0.15, 0.2) is 0 Å². The summed E-state index contributed by atoms with van der Waals surface area (Å²) in [7, 11) is 1.75. The Bertz CT molecular complexity index is 494. The number of ether oxygens (including phenoxy) is 1. The van der Waals surface area contributed by atoms with E-state index in [4.69, 9.17) is 4.74 Å². The van der Waals surface area contributed by atoms with Gasteiger partial charge in [-0.2, -0.15) is 0 Å². The predicted molar refractivity (Wildman–Crippen MR) is 103 cm³/mol. The number of hydrogen-bond donors (Lipinski definition) is 0. The fourth-order valence-corrected chi connectivity index (χ4v) is 3.80. The zero-order valence-electron chi connectivity index (χ0n) is 16.1. The van der Waals surface area contributed by atoms with Gasteiger partial charge in [0, 0.05) is 51.9 Å². The molecule has 0 bridgehead atoms. The fraction of sp³-hybridized carbons (Fsp3) is 0.667. The molecule has 1 heterocycles. The first kappa shape index (κ1) is 19.9. The Hall–Kier alpha value is -1.39. The van der Waals surface area contributed by atoms with Crippen LogP contribution in [0.2, 0.25) is 0 Å². The zero-order valence-corrected chi connectivity index (χ0v) is 16.1. The molecule has 2 rings (SSSR count). The van der Waals surface area contributed by atoms with Crippen LogP contribution >= 0.6 is 0 Å². The minimum Gasteiger partial charge on any atom is -0.385 e. The average molecular weight is 347 g/mol. The molecule has 1 amide bonds. The molecule has 25 heavy (non-hydrogen) atoms. The molecule has 0 saturated carbocycles. The topological polar surface area (TPSA) is 32.8 Å². The third kappa shape index (κ3) is 6.44. The predicted octanol–water partition coefficient (Wildman–Crippen LogP) is 3.36. The number of amides is 1. The van der Waals surface area contributed by atoms with Crippen LogP contribution in [-0.4, -0.2) is 61.1 Å². The number of piperazine rings is 1. The van der Waals surface area contributed by atoms with Gasteiger partial charge in [-0.25, -0.2) is 0 Å². The Morgan fingerprint density at radius 2 is 1.76 bits per heavy atom. The minimum atomic E-state index is 0.323. The summed E-state index contributed by atoms with van der Waals surface area (Å²) in [4.78, 5) is 17.1. The van der Waals surface area contributed by atoms with E-state index < -0.39 is 0 Å². The van der Waals surface area contributed by atoms with Crippen LogP contribution < -0.4 is 0 Å². The lowest BCUT2D eigenvalue weighted by molar-refractivity contribution is -0.135. The van der Waals surface area contributed by atoms with Gasteiger partial charge in [0.25, 0.3) is 0 Å². The average Bonchev–Trinajstić information content (AvgIpc) is 2.61. The number of methoxy groups -OCH3 is 1. The first-order valence-corrected chi connectivity index (χ1v) is 9.68. The Morgan fingerprint density at radius 3 is 2.40 bits per heavy atom. The molecule has 2 unspecified atom stereocenters. The van der Waals surface area contributed by atoms with Crippen LogP contribution in [0.3, 0.4) is 0 Å². The number of aryl methyl sites for hydroxylation is 1. The smallest absolute Gasteiger partial charge is 0.222 e. The maximum atomic E-state index is 12.6. The summed E-state index contributed by atoms with van der Waals surface area (Å²) < 4.78 is 5.16. The number of benzene rings is 1. The normalized spacial score (nSPS) is 21.5. The molecule has 0 aromatic heterocycles. The van der Waals surface area contributed by atoms with E-state index in [1.54, 1.807) is 7.11 Å². The molecule has 4 heteroatoms. The van der Waals surface area contributed by atoms with Gasteiger partial charge in [0.1, 0.15) is 0 Å². The van der Waals surface area contributed by atoms with Crippen molar-refractivity contribution in [1.82, 2.24) is 9.80 Å². The second-order valence-corrected chi connectivity index (χ2v) is 7.27. The van der Waals surface area contributed by atoms with Gasteiger partial charge in [0.2, 0.25) is 5.91 Å². The highest BCUT2D eigenvalue weighted by Gasteiger charge is 2.30. The van der Waals surface area contributed by atoms with Crippen molar-refractivity contribution >= 4 is 5.91 Å². The molecular weight excluding hydrogens is 312 g/mol. The van der Waals surface area contributed by atoms with E-state index in [0.29, 0.717) is 24.4 Å². The van der Waals surface area contributed by atoms with Crippen molar-refractivity contribution in [3.05, 3.63) is 35.9 Å². The summed E-state index contributed by atoms with van der Waals surface area (Å²) in [5, 5.41) is 0. The highest BCUT2D eigenvalue weighted by atomic mass is 16.5. The molecule has 0 spiro atoms. The van der Waals surface area contributed by atoms with E-state index in [0.717, 1.165) is 51.9 Å². The van der Waals surface area contributed by atoms with Crippen molar-refractivity contribution < 1.29 is 9.53 Å². The fourth-order valence-electron chi connectivity index (χ4n) is 3.80. The second kappa shape index (κ2) is 10.6. The highest BCUT2D eigenvalue weighted by Crippen LogP contribution is 2.18. The molecule has 1 aliphatic rings. The quantitative estimate of drug-likeness (QED) is 0.643. The number of hydrogen-bond acceptors (Lipinski definition) is 3. The molecular formula is C21H34N2O2. The van der Waals surface area contributed by atoms with Crippen molar-refractivity contribution in [3.63, 3.8) is 0 Å². The summed E-state index contributed by atoms with van der Waals surface area (Å²) in [5.74, 6) is 0.323. The lowest BCUT2D eigenvalue weighted by Gasteiger charge is -2.44. The number of carbonyl (C=O) groups is 1. The molecule has 140 valence electrons. The molecule has 1 saturated heterocycles. The van der Waals surface area contributed by atoms with Gasteiger partial charge in [-0.15, -0.1) is 0 Å². The van der Waals surface area contributed by atoms with Crippen LogP contribution in [0.15, 0.2) is 30.3 Å². The maximum absolute atomic E-state index is 12.6. The number of nitrogens with zero attached hydrogens (tertiary/aromatic N) is 2. The number of rotatable bonds is 9. The summed E-state index contributed by atoms with van der Waals surface area (Å²) in [6.45, 7) is 8.04. The van der Waals surface area contributed by atoms with E-state index in [1.807, 2.05) is 6.07 Å². The summed E-state index contributed by atoms with van der Waals surface area (Å²) >= 11 is 0. The van der Waals surface area contributed by atoms with Crippen LogP contribution in [0.4, 0.5) is 0 Å². The Kier molecular flexibility index (Phi) is 8.42. The second-order valence-electron chi connectivity index (χ2n) is 7.27. The monoisotopic (exact) mass is 346 g/mol. The van der Waals surface area contributed by atoms with Crippen LogP contribution in [0.1, 0.15) is 45.1 Å². The van der Waals surface area contributed by atoms with Gasteiger partial charge >= 0.3 is 0 Å². The first-order valence-electron chi connectivity index (χ1n) is 9.68. The van der Waals surface area contributed by atoms with E-state index in [2.05, 4.69) is 47.9 Å². The minimum absolute atomic E-state index is 0.323. The SMILES string of the molecule is COCCCN1C(C)CN(C(=O)CCCCc2ccccc2)CC1C. The lowest BCUT2D eigenvalue weighted by Crippen LogP contribution is -2.58. The van der Waals surface area contributed by atoms with Crippen LogP contribution in [0, 0.1) is 0 Å². The molecule has 1 aromatic rings. The third-order valence-electron chi connectivity index (χ3n) is 5.17. The van der Waals surface area contributed by atoms with E-state index in [1.165, 1.54) is 5.56 Å². The van der Waals surface area contributed by atoms with Crippen LogP contribution in [0.5, 0.6) is 0 Å². The molecule has 0 aliphatic carbocycles.